The van der Waals surface area contributed by atoms with Crippen LogP contribution in [0.5, 0.6) is 5.75 Å². The Morgan fingerprint density at radius 1 is 0.676 bits per heavy atom. The molecule has 2 aromatic heterocycles. The summed E-state index contributed by atoms with van der Waals surface area (Å²) in [5.41, 5.74) is 10.5. The minimum atomic E-state index is -2.49. The van der Waals surface area contributed by atoms with Gasteiger partial charge in [-0.2, -0.15) is 0 Å². The van der Waals surface area contributed by atoms with Crippen molar-refractivity contribution >= 4 is 11.0 Å². The fourth-order valence-corrected chi connectivity index (χ4v) is 9.27. The topological polar surface area (TPSA) is 50.9 Å². The Morgan fingerprint density at radius 3 is 1.93 bits per heavy atom. The minimum absolute atomic E-state index is 0. The van der Waals surface area contributed by atoms with E-state index in [0.29, 0.717) is 39.4 Å². The number of hydrogen-bond acceptors (Lipinski definition) is 3. The molecule has 352 valence electrons. The van der Waals surface area contributed by atoms with E-state index in [1.54, 1.807) is 54.7 Å². The van der Waals surface area contributed by atoms with E-state index in [1.807, 2.05) is 114 Å². The third-order valence-electron chi connectivity index (χ3n) is 13.0. The number of aromatic nitrogens is 3. The number of phenols is 1. The Hall–Kier alpha value is -5.57. The Bertz CT molecular complexity index is 3480. The van der Waals surface area contributed by atoms with Crippen LogP contribution in [0.15, 0.2) is 128 Å². The zero-order chi connectivity index (χ0) is 54.1. The van der Waals surface area contributed by atoms with E-state index in [1.165, 1.54) is 0 Å². The average molecular weight is 1090 g/mol. The van der Waals surface area contributed by atoms with Crippen molar-refractivity contribution in [3.05, 3.63) is 178 Å². The Labute approximate surface area is 430 Å². The second-order valence-corrected chi connectivity index (χ2v) is 21.7. The fourth-order valence-electron chi connectivity index (χ4n) is 9.27. The van der Waals surface area contributed by atoms with Gasteiger partial charge < -0.3 is 5.11 Å². The van der Waals surface area contributed by atoms with E-state index in [0.717, 1.165) is 50.1 Å². The maximum Gasteiger partial charge on any atom is 0.148 e. The van der Waals surface area contributed by atoms with Gasteiger partial charge in [-0.25, -0.2) is 4.98 Å². The van der Waals surface area contributed by atoms with Crippen LogP contribution in [0.4, 0.5) is 0 Å². The molecule has 0 saturated heterocycles. The molecule has 0 bridgehead atoms. The molecule has 2 heterocycles. The number of benzene rings is 6. The number of phenolic OH excluding ortho intramolecular Hbond substituents is 1. The maximum atomic E-state index is 12.1. The summed E-state index contributed by atoms with van der Waals surface area (Å²) in [4.78, 5) is 10.4. The molecule has 0 saturated carbocycles. The monoisotopic (exact) mass is 1080 g/mol. The SMILES string of the molecule is [2H]C(C)(C)c1cccc(C([2H])(C)C)c1-c1ccnc(-c2[c-]c(-c3cccc4c3nc(-c3ccc(C(C)(C)C)cc3O)n4-c3cc4c(cc3C(C)(C)C)C([2H])([2H])C([2H])(c3ccccc3)C4([2H])[2H])cc(C(C)(C)C)c2)c1.[Pt]. The van der Waals surface area contributed by atoms with Crippen molar-refractivity contribution in [2.75, 3.05) is 0 Å². The smallest absolute Gasteiger partial charge is 0.148 e. The first kappa shape index (κ1) is 40.3. The Balaban J connectivity index is 0.00000747. The molecule has 0 radical (unpaired) electrons. The second-order valence-electron chi connectivity index (χ2n) is 21.7. The van der Waals surface area contributed by atoms with Gasteiger partial charge in [0.1, 0.15) is 11.6 Å². The third-order valence-corrected chi connectivity index (χ3v) is 13.0. The fraction of sp³-hybridized carbons (Fsp3) is 0.333. The molecule has 1 atom stereocenters. The van der Waals surface area contributed by atoms with Crippen molar-refractivity contribution < 1.29 is 35.8 Å². The molecule has 0 aliphatic heterocycles. The van der Waals surface area contributed by atoms with E-state index >= 15 is 0 Å². The number of pyridine rings is 1. The Kier molecular flexibility index (Phi) is 10.9. The molecule has 5 heteroatoms. The van der Waals surface area contributed by atoms with Crippen LogP contribution in [0.3, 0.4) is 0 Å². The van der Waals surface area contributed by atoms with Crippen LogP contribution >= 0.6 is 0 Å². The summed E-state index contributed by atoms with van der Waals surface area (Å²) in [7, 11) is 0. The van der Waals surface area contributed by atoms with Crippen LogP contribution in [0.1, 0.15) is 162 Å². The van der Waals surface area contributed by atoms with Gasteiger partial charge in [0, 0.05) is 42.6 Å². The van der Waals surface area contributed by atoms with Gasteiger partial charge in [-0.3, -0.25) is 9.55 Å². The molecule has 0 amide bonds. The van der Waals surface area contributed by atoms with Crippen LogP contribution in [0.2, 0.25) is 0 Å². The summed E-state index contributed by atoms with van der Waals surface area (Å²) in [5.74, 6) is -3.79. The molecule has 9 rings (SSSR count). The number of rotatable bonds is 8. The standard InChI is InChI=1S/C63H68N3O.Pt/c1-38(2)49-21-17-22-50(39(3)4)58(49)41-27-28-64-54(35-41)46-31-45(32-48(33-46)62(8,9)10)51-23-18-24-55-59(51)65-60(52-26-25-47(37-57(52)67)61(5,6)7)66(55)56-36-44-30-42(40-19-15-14-16-20-40)29-43(44)34-53(56)63(11,12)13;/h14-28,32-39,42,67H,29-30H2,1-13H3;/q-1;/i29D2,30D2,38D,39D,42D;. The molecule has 8 aromatic rings. The maximum absolute atomic E-state index is 12.1. The summed E-state index contributed by atoms with van der Waals surface area (Å²) in [6, 6.07) is 41.5. The number of nitrogens with zero attached hydrogens (tertiary/aromatic N) is 3. The summed E-state index contributed by atoms with van der Waals surface area (Å²) >= 11 is 0. The molecule has 1 aliphatic rings. The van der Waals surface area contributed by atoms with Crippen molar-refractivity contribution in [2.45, 2.75) is 137 Å². The van der Waals surface area contributed by atoms with Gasteiger partial charge in [-0.1, -0.05) is 180 Å². The number of para-hydroxylation sites is 1. The zero-order valence-electron chi connectivity index (χ0n) is 48.7. The molecule has 1 N–H and O–H groups in total. The van der Waals surface area contributed by atoms with Crippen molar-refractivity contribution in [1.29, 1.82) is 0 Å². The van der Waals surface area contributed by atoms with Crippen LogP contribution in [0.25, 0.3) is 61.6 Å². The molecule has 1 aliphatic carbocycles. The van der Waals surface area contributed by atoms with Gasteiger partial charge in [-0.15, -0.1) is 29.3 Å². The van der Waals surface area contributed by atoms with Gasteiger partial charge in [0.15, 0.2) is 0 Å². The van der Waals surface area contributed by atoms with Crippen LogP contribution in [-0.2, 0) is 50.1 Å². The molecule has 6 aromatic carbocycles. The normalized spacial score (nSPS) is 18.6. The molecular weight excluding hydrogens is 1010 g/mol. The van der Waals surface area contributed by atoms with Crippen molar-refractivity contribution in [3.63, 3.8) is 0 Å². The van der Waals surface area contributed by atoms with Crippen molar-refractivity contribution in [1.82, 2.24) is 14.5 Å². The molecule has 1 unspecified atom stereocenters. The van der Waals surface area contributed by atoms with E-state index in [-0.39, 0.29) is 54.3 Å². The predicted octanol–water partition coefficient (Wildman–Crippen LogP) is 16.6. The van der Waals surface area contributed by atoms with E-state index in [2.05, 4.69) is 59.7 Å². The number of hydrogen-bond donors (Lipinski definition) is 1. The molecule has 0 spiro atoms. The quantitative estimate of drug-likeness (QED) is 0.154. The summed E-state index contributed by atoms with van der Waals surface area (Å²) in [6.45, 7) is 26.4. The van der Waals surface area contributed by atoms with Gasteiger partial charge in [-0.05, 0) is 127 Å². The number of fused-ring (bicyclic) bond motifs is 2. The average Bonchev–Trinajstić information content (AvgIpc) is 3.75. The second kappa shape index (κ2) is 18.4. The third kappa shape index (κ3) is 9.31. The van der Waals surface area contributed by atoms with Gasteiger partial charge in [0.25, 0.3) is 0 Å². The first-order valence-electron chi connectivity index (χ1n) is 27.0. The van der Waals surface area contributed by atoms with Crippen LogP contribution in [-0.4, -0.2) is 19.6 Å². The van der Waals surface area contributed by atoms with Gasteiger partial charge >= 0.3 is 0 Å². The zero-order valence-corrected chi connectivity index (χ0v) is 44.0. The molecule has 0 fully saturated rings. The molecule has 68 heavy (non-hydrogen) atoms. The largest absolute Gasteiger partial charge is 0.507 e. The number of aromatic hydroxyl groups is 1. The molecule has 4 nitrogen and oxygen atoms in total. The van der Waals surface area contributed by atoms with Gasteiger partial charge in [0.05, 0.1) is 22.3 Å². The van der Waals surface area contributed by atoms with Crippen molar-refractivity contribution in [3.8, 4) is 56.3 Å². The van der Waals surface area contributed by atoms with E-state index < -0.39 is 35.8 Å². The summed E-state index contributed by atoms with van der Waals surface area (Å²) in [6.07, 6.45) is -3.13. The Morgan fingerprint density at radius 2 is 1.31 bits per heavy atom. The first-order chi connectivity index (χ1) is 34.2. The van der Waals surface area contributed by atoms with Gasteiger partial charge in [0.2, 0.25) is 0 Å². The molecular formula is C63H68N3OPt-. The predicted molar refractivity (Wildman–Crippen MR) is 282 cm³/mol. The van der Waals surface area contributed by atoms with Crippen LogP contribution < -0.4 is 0 Å². The summed E-state index contributed by atoms with van der Waals surface area (Å²) < 4.78 is 68.9. The summed E-state index contributed by atoms with van der Waals surface area (Å²) in [5, 5.41) is 12.1. The minimum Gasteiger partial charge on any atom is -0.507 e. The van der Waals surface area contributed by atoms with Crippen LogP contribution in [0, 0.1) is 6.07 Å². The van der Waals surface area contributed by atoms with E-state index in [4.69, 9.17) is 12.7 Å². The first-order valence-corrected chi connectivity index (χ1v) is 23.5. The number of imidazole rings is 1. The van der Waals surface area contributed by atoms with Crippen molar-refractivity contribution in [2.24, 2.45) is 0 Å². The van der Waals surface area contributed by atoms with E-state index in [9.17, 15) is 12.0 Å².